The number of H-pyrrole nitrogens is 1. The maximum absolute atomic E-state index is 12.4. The van der Waals surface area contributed by atoms with Gasteiger partial charge in [-0.25, -0.2) is 9.89 Å². The van der Waals surface area contributed by atoms with Gasteiger partial charge in [0.05, 0.1) is 26.9 Å². The Morgan fingerprint density at radius 1 is 1.21 bits per heavy atom. The lowest BCUT2D eigenvalue weighted by atomic mass is 10.1. The Morgan fingerprint density at radius 2 is 2.00 bits per heavy atom. The van der Waals surface area contributed by atoms with Gasteiger partial charge >= 0.3 is 5.97 Å². The summed E-state index contributed by atoms with van der Waals surface area (Å²) < 4.78 is 22.9. The van der Waals surface area contributed by atoms with Crippen molar-refractivity contribution in [2.24, 2.45) is 0 Å². The van der Waals surface area contributed by atoms with E-state index in [1.807, 2.05) is 6.26 Å². The minimum absolute atomic E-state index is 0.159. The van der Waals surface area contributed by atoms with Crippen molar-refractivity contribution in [3.05, 3.63) is 52.4 Å². The highest BCUT2D eigenvalue weighted by Crippen LogP contribution is 2.33. The van der Waals surface area contributed by atoms with Gasteiger partial charge in [0.1, 0.15) is 17.3 Å². The highest BCUT2D eigenvalue weighted by Gasteiger charge is 2.27. The van der Waals surface area contributed by atoms with Gasteiger partial charge in [0.25, 0.3) is 5.56 Å². The van der Waals surface area contributed by atoms with Gasteiger partial charge in [-0.15, -0.1) is 0 Å². The van der Waals surface area contributed by atoms with E-state index in [4.69, 9.17) is 18.7 Å². The van der Waals surface area contributed by atoms with E-state index in [-0.39, 0.29) is 16.8 Å². The quantitative estimate of drug-likeness (QED) is 0.353. The molecule has 0 bridgehead atoms. The van der Waals surface area contributed by atoms with Gasteiger partial charge in [-0.2, -0.15) is 21.8 Å². The third-order valence-electron chi connectivity index (χ3n) is 5.31. The number of hydrogen-bond donors (Lipinski definition) is 1. The Morgan fingerprint density at radius 3 is 2.71 bits per heavy atom. The van der Waals surface area contributed by atoms with E-state index in [0.717, 1.165) is 5.75 Å². The number of nitrogens with one attached hydrogen (secondary N) is 1. The molecule has 1 atom stereocenters. The summed E-state index contributed by atoms with van der Waals surface area (Å²) in [6.07, 6.45) is 5.80. The van der Waals surface area contributed by atoms with Gasteiger partial charge in [-0.05, 0) is 36.6 Å². The van der Waals surface area contributed by atoms with Crippen molar-refractivity contribution in [1.29, 1.82) is 0 Å². The van der Waals surface area contributed by atoms with Crippen LogP contribution in [0.15, 0.2) is 39.9 Å². The van der Waals surface area contributed by atoms with Crippen LogP contribution in [0.2, 0.25) is 0 Å². The molecule has 34 heavy (non-hydrogen) atoms. The molecule has 11 nitrogen and oxygen atoms in total. The van der Waals surface area contributed by atoms with Crippen molar-refractivity contribution in [2.45, 2.75) is 12.5 Å². The zero-order chi connectivity index (χ0) is 24.2. The number of fused-ring (bicyclic) bond motifs is 1. The lowest BCUT2D eigenvalue weighted by Gasteiger charge is -2.19. The summed E-state index contributed by atoms with van der Waals surface area (Å²) >= 11 is 1.65. The van der Waals surface area contributed by atoms with Crippen LogP contribution < -0.4 is 15.0 Å². The van der Waals surface area contributed by atoms with Crippen molar-refractivity contribution < 1.29 is 23.5 Å². The van der Waals surface area contributed by atoms with Crippen LogP contribution in [-0.4, -0.2) is 64.2 Å². The summed E-state index contributed by atoms with van der Waals surface area (Å²) in [5.74, 6) is 1.98. The van der Waals surface area contributed by atoms with E-state index >= 15 is 0 Å². The second kappa shape index (κ2) is 10.00. The summed E-state index contributed by atoms with van der Waals surface area (Å²) in [5.41, 5.74) is 0.940. The van der Waals surface area contributed by atoms with Crippen LogP contribution in [0, 0.1) is 0 Å². The zero-order valence-corrected chi connectivity index (χ0v) is 19.8. The minimum atomic E-state index is -0.606. The van der Waals surface area contributed by atoms with Crippen molar-refractivity contribution >= 4 is 17.7 Å². The van der Waals surface area contributed by atoms with E-state index in [9.17, 15) is 9.59 Å². The van der Waals surface area contributed by atoms with Gasteiger partial charge in [0.15, 0.2) is 11.5 Å². The van der Waals surface area contributed by atoms with Crippen LogP contribution in [0.5, 0.6) is 11.5 Å². The first-order valence-corrected chi connectivity index (χ1v) is 11.6. The molecule has 2 aromatic rings. The lowest BCUT2D eigenvalue weighted by molar-refractivity contribution is 0.0600. The topological polar surface area (TPSA) is 134 Å². The predicted molar refractivity (Wildman–Crippen MR) is 125 cm³/mol. The van der Waals surface area contributed by atoms with E-state index < -0.39 is 17.6 Å². The SMILES string of the molecule is COC(=O)c1cn([C@H](CCSC)c2nc(-c3ccc(OC)c(OC)c3)no2)cc2c(=O)[nH]nc1-2. The van der Waals surface area contributed by atoms with Crippen molar-refractivity contribution in [3.8, 4) is 34.1 Å². The van der Waals surface area contributed by atoms with Gasteiger partial charge in [0, 0.05) is 18.0 Å². The number of carbonyl (C=O) groups excluding carboxylic acids is 1. The fraction of sp³-hybridized carbons (Fsp3) is 0.318. The minimum Gasteiger partial charge on any atom is -0.493 e. The Labute approximate surface area is 198 Å². The predicted octanol–water partition coefficient (Wildman–Crippen LogP) is 2.87. The molecule has 1 aromatic heterocycles. The molecule has 2 aliphatic rings. The van der Waals surface area contributed by atoms with Crippen molar-refractivity contribution in [2.75, 3.05) is 33.3 Å². The van der Waals surface area contributed by atoms with E-state index in [2.05, 4.69) is 20.3 Å². The number of hydrogen-bond acceptors (Lipinski definition) is 10. The molecule has 3 heterocycles. The molecule has 0 spiro atoms. The number of aromatic amines is 1. The number of nitrogens with zero attached hydrogens (tertiary/aromatic N) is 4. The molecule has 0 saturated carbocycles. The van der Waals surface area contributed by atoms with E-state index in [1.54, 1.807) is 61.1 Å². The average molecular weight is 486 g/mol. The molecule has 0 aliphatic carbocycles. The largest absolute Gasteiger partial charge is 0.493 e. The summed E-state index contributed by atoms with van der Waals surface area (Å²) in [7, 11) is 4.38. The summed E-state index contributed by atoms with van der Waals surface area (Å²) in [5, 5.41) is 10.5. The number of ether oxygens (including phenoxy) is 3. The highest BCUT2D eigenvalue weighted by molar-refractivity contribution is 7.98. The van der Waals surface area contributed by atoms with Gasteiger partial charge in [-0.3, -0.25) is 4.79 Å². The Balaban J connectivity index is 1.79. The van der Waals surface area contributed by atoms with E-state index in [0.29, 0.717) is 35.2 Å². The molecule has 12 heteroatoms. The molecule has 1 aromatic carbocycles. The fourth-order valence-electron chi connectivity index (χ4n) is 3.59. The van der Waals surface area contributed by atoms with Crippen LogP contribution >= 0.6 is 11.8 Å². The molecule has 0 saturated heterocycles. The maximum atomic E-state index is 12.4. The fourth-order valence-corrected chi connectivity index (χ4v) is 4.05. The second-order valence-electron chi connectivity index (χ2n) is 7.25. The number of benzene rings is 1. The number of carbonyl (C=O) groups is 1. The molecule has 1 N–H and O–H groups in total. The van der Waals surface area contributed by atoms with E-state index in [1.165, 1.54) is 7.11 Å². The molecular formula is C22H23N5O6S. The molecule has 0 amide bonds. The zero-order valence-electron chi connectivity index (χ0n) is 19.0. The molecular weight excluding hydrogens is 462 g/mol. The average Bonchev–Trinajstić information content (AvgIpc) is 3.50. The molecule has 0 radical (unpaired) electrons. The first-order valence-electron chi connectivity index (χ1n) is 10.2. The first-order chi connectivity index (χ1) is 16.5. The van der Waals surface area contributed by atoms with Crippen LogP contribution in [0.1, 0.15) is 28.7 Å². The number of methoxy groups -OCH3 is 3. The Bertz CT molecular complexity index is 1330. The molecule has 0 unspecified atom stereocenters. The smallest absolute Gasteiger partial charge is 0.341 e. The highest BCUT2D eigenvalue weighted by atomic mass is 32.2. The Kier molecular flexibility index (Phi) is 6.87. The summed E-state index contributed by atoms with van der Waals surface area (Å²) in [6, 6.07) is 4.89. The monoisotopic (exact) mass is 485 g/mol. The summed E-state index contributed by atoms with van der Waals surface area (Å²) in [6.45, 7) is 0. The van der Waals surface area contributed by atoms with Gasteiger partial charge < -0.3 is 23.3 Å². The number of pyridine rings is 1. The molecule has 2 aliphatic heterocycles. The van der Waals surface area contributed by atoms with Crippen LogP contribution in [0.3, 0.4) is 0 Å². The standard InChI is InChI=1S/C22H23N5O6S/c1-30-16-6-5-12(9-17(16)31-2)19-23-21(33-26-19)15(7-8-34-4)27-10-13-18(24-25-20(13)28)14(11-27)22(29)32-3/h5-6,9-11,15H,7-8H2,1-4H3,(H,25,28)/t15-/m1/s1. The third-order valence-corrected chi connectivity index (χ3v) is 5.95. The third kappa shape index (κ3) is 4.36. The van der Waals surface area contributed by atoms with Crippen LogP contribution in [-0.2, 0) is 4.74 Å². The number of esters is 1. The molecule has 4 rings (SSSR count). The lowest BCUT2D eigenvalue weighted by Crippen LogP contribution is -2.17. The van der Waals surface area contributed by atoms with Crippen LogP contribution in [0.25, 0.3) is 22.6 Å². The molecule has 0 fully saturated rings. The number of aromatic nitrogens is 5. The normalized spacial score (nSPS) is 12.0. The maximum Gasteiger partial charge on any atom is 0.341 e. The Hall–Kier alpha value is -3.80. The summed E-state index contributed by atoms with van der Waals surface area (Å²) in [4.78, 5) is 29.3. The number of rotatable bonds is 9. The molecule has 178 valence electrons. The van der Waals surface area contributed by atoms with Crippen molar-refractivity contribution in [3.63, 3.8) is 0 Å². The van der Waals surface area contributed by atoms with Crippen molar-refractivity contribution in [1.82, 2.24) is 24.9 Å². The second-order valence-corrected chi connectivity index (χ2v) is 8.23. The van der Waals surface area contributed by atoms with Gasteiger partial charge in [0.2, 0.25) is 11.7 Å². The van der Waals surface area contributed by atoms with Gasteiger partial charge in [-0.1, -0.05) is 5.16 Å². The number of thioether (sulfide) groups is 1. The first kappa shape index (κ1) is 23.4. The van der Waals surface area contributed by atoms with Crippen LogP contribution in [0.4, 0.5) is 0 Å².